The van der Waals surface area contributed by atoms with E-state index in [9.17, 15) is 15.2 Å². The van der Waals surface area contributed by atoms with E-state index in [0.717, 1.165) is 11.1 Å². The summed E-state index contributed by atoms with van der Waals surface area (Å²) in [5, 5.41) is 21.2. The Hall–Kier alpha value is -1.39. The molecule has 1 N–H and O–H groups in total. The number of fused-ring (bicyclic) bond motifs is 1. The highest BCUT2D eigenvalue weighted by Gasteiger charge is 2.30. The second-order valence-electron chi connectivity index (χ2n) is 4.05. The molecule has 1 aromatic rings. The van der Waals surface area contributed by atoms with Crippen molar-refractivity contribution in [2.75, 3.05) is 0 Å². The number of nitrogens with zero attached hydrogens (tertiary/aromatic N) is 1. The van der Waals surface area contributed by atoms with Gasteiger partial charge in [0.15, 0.2) is 0 Å². The van der Waals surface area contributed by atoms with Gasteiger partial charge in [0.2, 0.25) is 0 Å². The molecule has 0 radical (unpaired) electrons. The van der Waals surface area contributed by atoms with Gasteiger partial charge in [-0.05, 0) is 29.7 Å². The zero-order valence-electron chi connectivity index (χ0n) is 9.26. The van der Waals surface area contributed by atoms with Crippen LogP contribution in [0.2, 0.25) is 0 Å². The van der Waals surface area contributed by atoms with Crippen molar-refractivity contribution in [3.05, 3.63) is 44.5 Å². The molecule has 0 fully saturated rings. The number of rotatable bonds is 3. The van der Waals surface area contributed by atoms with Crippen LogP contribution in [0.25, 0.3) is 6.08 Å². The molecule has 0 bridgehead atoms. The first kappa shape index (κ1) is 12.1. The summed E-state index contributed by atoms with van der Waals surface area (Å²) >= 11 is 6.08. The number of non-ortho nitro benzene ring substituents is 1. The van der Waals surface area contributed by atoms with Crippen molar-refractivity contribution >= 4 is 23.4 Å². The van der Waals surface area contributed by atoms with Gasteiger partial charge in [0.05, 0.1) is 11.0 Å². The molecular weight excluding hydrogens is 242 g/mol. The van der Waals surface area contributed by atoms with Gasteiger partial charge in [-0.3, -0.25) is 10.1 Å². The number of benzene rings is 1. The van der Waals surface area contributed by atoms with Crippen molar-refractivity contribution in [1.29, 1.82) is 0 Å². The van der Waals surface area contributed by atoms with Gasteiger partial charge in [-0.2, -0.15) is 0 Å². The van der Waals surface area contributed by atoms with Crippen molar-refractivity contribution in [3.63, 3.8) is 0 Å². The summed E-state index contributed by atoms with van der Waals surface area (Å²) in [5.74, 6) is -0.337. The molecule has 2 unspecified atom stereocenters. The number of nitro benzene ring substituents is 1. The average molecular weight is 254 g/mol. The smallest absolute Gasteiger partial charge is 0.269 e. The van der Waals surface area contributed by atoms with Crippen molar-refractivity contribution in [2.45, 2.75) is 25.4 Å². The van der Waals surface area contributed by atoms with Crippen LogP contribution in [0, 0.1) is 10.1 Å². The summed E-state index contributed by atoms with van der Waals surface area (Å²) < 4.78 is 0. The summed E-state index contributed by atoms with van der Waals surface area (Å²) in [5.41, 5.74) is 1.61. The quantitative estimate of drug-likeness (QED) is 0.665. The standard InChI is InChI=1S/C12H12ClNO3/c1-2-11(15)12-9-6-8(14(16)17)4-3-7(9)5-10(12)13/h3-6,11-12,15H,2H2,1H3. The lowest BCUT2D eigenvalue weighted by Crippen LogP contribution is -2.16. The molecule has 2 rings (SSSR count). The summed E-state index contributed by atoms with van der Waals surface area (Å²) in [4.78, 5) is 10.3. The molecule has 0 saturated carbocycles. The molecule has 5 heteroatoms. The third kappa shape index (κ3) is 2.06. The Balaban J connectivity index is 2.46. The molecule has 0 spiro atoms. The number of nitro groups is 1. The minimum absolute atomic E-state index is 0.0248. The molecule has 0 amide bonds. The van der Waals surface area contributed by atoms with E-state index in [-0.39, 0.29) is 11.6 Å². The van der Waals surface area contributed by atoms with Crippen LogP contribution < -0.4 is 0 Å². The van der Waals surface area contributed by atoms with Crippen LogP contribution in [0.5, 0.6) is 0 Å². The molecule has 2 atom stereocenters. The fourth-order valence-corrected chi connectivity index (χ4v) is 2.47. The highest BCUT2D eigenvalue weighted by molar-refractivity contribution is 6.33. The maximum atomic E-state index is 10.7. The number of hydrogen-bond acceptors (Lipinski definition) is 3. The van der Waals surface area contributed by atoms with E-state index in [1.807, 2.05) is 6.92 Å². The Morgan fingerprint density at radius 3 is 2.88 bits per heavy atom. The maximum absolute atomic E-state index is 10.7. The van der Waals surface area contributed by atoms with Gasteiger partial charge >= 0.3 is 0 Å². The Morgan fingerprint density at radius 1 is 1.59 bits per heavy atom. The van der Waals surface area contributed by atoms with Crippen LogP contribution in [0.3, 0.4) is 0 Å². The topological polar surface area (TPSA) is 63.4 Å². The first-order chi connectivity index (χ1) is 8.04. The van der Waals surface area contributed by atoms with Crippen molar-refractivity contribution in [3.8, 4) is 0 Å². The normalized spacial score (nSPS) is 19.7. The minimum Gasteiger partial charge on any atom is -0.392 e. The molecule has 4 nitrogen and oxygen atoms in total. The van der Waals surface area contributed by atoms with E-state index in [2.05, 4.69) is 0 Å². The molecule has 0 aliphatic heterocycles. The number of halogens is 1. The van der Waals surface area contributed by atoms with Gasteiger partial charge in [-0.25, -0.2) is 0 Å². The van der Waals surface area contributed by atoms with E-state index in [4.69, 9.17) is 11.6 Å². The molecular formula is C12H12ClNO3. The Bertz CT molecular complexity index is 499. The molecule has 0 heterocycles. The van der Waals surface area contributed by atoms with Crippen LogP contribution in [0.4, 0.5) is 5.69 Å². The van der Waals surface area contributed by atoms with Gasteiger partial charge in [-0.15, -0.1) is 0 Å². The largest absolute Gasteiger partial charge is 0.392 e. The van der Waals surface area contributed by atoms with Gasteiger partial charge < -0.3 is 5.11 Å². The Morgan fingerprint density at radius 2 is 2.29 bits per heavy atom. The van der Waals surface area contributed by atoms with Crippen molar-refractivity contribution in [2.24, 2.45) is 0 Å². The van der Waals surface area contributed by atoms with Gasteiger partial charge in [0.25, 0.3) is 5.69 Å². The molecule has 90 valence electrons. The van der Waals surface area contributed by atoms with Gasteiger partial charge in [0, 0.05) is 23.1 Å². The van der Waals surface area contributed by atoms with E-state index in [0.29, 0.717) is 11.5 Å². The van der Waals surface area contributed by atoms with E-state index < -0.39 is 11.0 Å². The number of aliphatic hydroxyl groups excluding tert-OH is 1. The zero-order chi connectivity index (χ0) is 12.6. The second kappa shape index (κ2) is 4.47. The fourth-order valence-electron chi connectivity index (χ4n) is 2.09. The van der Waals surface area contributed by atoms with E-state index >= 15 is 0 Å². The van der Waals surface area contributed by atoms with Crippen molar-refractivity contribution in [1.82, 2.24) is 0 Å². The second-order valence-corrected chi connectivity index (χ2v) is 4.49. The number of hydrogen-bond donors (Lipinski definition) is 1. The summed E-state index contributed by atoms with van der Waals surface area (Å²) in [6, 6.07) is 4.60. The number of aliphatic hydroxyl groups is 1. The lowest BCUT2D eigenvalue weighted by Gasteiger charge is -2.18. The summed E-state index contributed by atoms with van der Waals surface area (Å²) in [6.07, 6.45) is 1.70. The van der Waals surface area contributed by atoms with Crippen LogP contribution >= 0.6 is 11.6 Å². The van der Waals surface area contributed by atoms with E-state index in [1.54, 1.807) is 12.1 Å². The molecule has 1 aliphatic carbocycles. The third-order valence-electron chi connectivity index (χ3n) is 3.01. The van der Waals surface area contributed by atoms with Gasteiger partial charge in [0.1, 0.15) is 0 Å². The SMILES string of the molecule is CCC(O)C1C(Cl)=Cc2ccc([N+](=O)[O-])cc21. The predicted octanol–water partition coefficient (Wildman–Crippen LogP) is 3.04. The molecule has 0 saturated heterocycles. The maximum Gasteiger partial charge on any atom is 0.269 e. The summed E-state index contributed by atoms with van der Waals surface area (Å²) in [7, 11) is 0. The first-order valence-electron chi connectivity index (χ1n) is 5.38. The predicted molar refractivity (Wildman–Crippen MR) is 66.0 cm³/mol. The van der Waals surface area contributed by atoms with Crippen LogP contribution in [0.15, 0.2) is 23.2 Å². The van der Waals surface area contributed by atoms with E-state index in [1.165, 1.54) is 12.1 Å². The Labute approximate surface area is 104 Å². The highest BCUT2D eigenvalue weighted by atomic mass is 35.5. The van der Waals surface area contributed by atoms with Crippen LogP contribution in [-0.2, 0) is 0 Å². The van der Waals surface area contributed by atoms with Crippen molar-refractivity contribution < 1.29 is 10.0 Å². The zero-order valence-corrected chi connectivity index (χ0v) is 10.0. The molecule has 1 aromatic carbocycles. The van der Waals surface area contributed by atoms with Crippen LogP contribution in [0.1, 0.15) is 30.4 Å². The Kier molecular flexibility index (Phi) is 3.17. The first-order valence-corrected chi connectivity index (χ1v) is 5.76. The van der Waals surface area contributed by atoms with Crippen LogP contribution in [-0.4, -0.2) is 16.1 Å². The average Bonchev–Trinajstić information content (AvgIpc) is 2.62. The fraction of sp³-hybridized carbons (Fsp3) is 0.333. The molecule has 17 heavy (non-hydrogen) atoms. The summed E-state index contributed by atoms with van der Waals surface area (Å²) in [6.45, 7) is 1.85. The lowest BCUT2D eigenvalue weighted by atomic mass is 9.93. The minimum atomic E-state index is -0.609. The molecule has 1 aliphatic rings. The lowest BCUT2D eigenvalue weighted by molar-refractivity contribution is -0.384. The third-order valence-corrected chi connectivity index (χ3v) is 3.35. The van der Waals surface area contributed by atoms with Gasteiger partial charge in [-0.1, -0.05) is 18.5 Å². The molecule has 0 aromatic heterocycles. The highest BCUT2D eigenvalue weighted by Crippen LogP contribution is 2.42. The monoisotopic (exact) mass is 253 g/mol.